The summed E-state index contributed by atoms with van der Waals surface area (Å²) >= 11 is 0. The zero-order valence-electron chi connectivity index (χ0n) is 43.0. The van der Waals surface area contributed by atoms with Crippen LogP contribution in [0.3, 0.4) is 0 Å². The molecule has 0 spiro atoms. The van der Waals surface area contributed by atoms with Gasteiger partial charge in [-0.05, 0) is 12.8 Å². The molecule has 3 heteroatoms. The maximum atomic E-state index is 4.78. The fraction of sp³-hybridized carbons (Fsp3) is 0.949. The summed E-state index contributed by atoms with van der Waals surface area (Å²) < 4.78 is 0. The average Bonchev–Trinajstić information content (AvgIpc) is 3.29. The topological polar surface area (TPSA) is 38.7 Å². The van der Waals surface area contributed by atoms with E-state index in [1.165, 1.54) is 334 Å². The maximum Gasteiger partial charge on any atom is 0.201 e. The Hall–Kier alpha value is -0.990. The van der Waals surface area contributed by atoms with Gasteiger partial charge < -0.3 is 0 Å². The molecular weight excluding hydrogens is 751 g/mol. The van der Waals surface area contributed by atoms with Crippen molar-refractivity contribution >= 4 is 0 Å². The number of nitrogens with zero attached hydrogens (tertiary/aromatic N) is 3. The number of aryl methyl sites for hydroxylation is 2. The van der Waals surface area contributed by atoms with E-state index in [2.05, 4.69) is 30.1 Å². The summed E-state index contributed by atoms with van der Waals surface area (Å²) in [6, 6.07) is 0. The van der Waals surface area contributed by atoms with Crippen LogP contribution in [0.1, 0.15) is 359 Å². The fourth-order valence-corrected chi connectivity index (χ4v) is 9.76. The molecule has 0 aliphatic carbocycles. The van der Waals surface area contributed by atoms with E-state index in [9.17, 15) is 0 Å². The second kappa shape index (κ2) is 52.6. The van der Waals surface area contributed by atoms with Crippen LogP contribution >= 0.6 is 0 Å². The first-order chi connectivity index (χ1) is 30.9. The van der Waals surface area contributed by atoms with Crippen molar-refractivity contribution in [1.29, 1.82) is 0 Å². The van der Waals surface area contributed by atoms with Crippen LogP contribution in [0.25, 0.3) is 0 Å². The molecule has 0 fully saturated rings. The highest BCUT2D eigenvalue weighted by Crippen LogP contribution is 2.19. The second-order valence-electron chi connectivity index (χ2n) is 20.4. The minimum atomic E-state index is 0.967. The third-order valence-electron chi connectivity index (χ3n) is 14.1. The molecule has 0 saturated carbocycles. The lowest BCUT2D eigenvalue weighted by Crippen LogP contribution is -2.03. The Morgan fingerprint density at radius 2 is 0.355 bits per heavy atom. The first-order valence-corrected chi connectivity index (χ1v) is 29.5. The molecule has 1 radical (unpaired) electrons. The van der Waals surface area contributed by atoms with Crippen LogP contribution in [0.5, 0.6) is 0 Å². The van der Waals surface area contributed by atoms with Crippen molar-refractivity contribution in [3.8, 4) is 0 Å². The Morgan fingerprint density at radius 1 is 0.210 bits per heavy atom. The van der Waals surface area contributed by atoms with Crippen LogP contribution in [0.15, 0.2) is 0 Å². The Bertz CT molecular complexity index is 876. The summed E-state index contributed by atoms with van der Waals surface area (Å²) in [5.74, 6) is 1.93. The van der Waals surface area contributed by atoms with Gasteiger partial charge in [-0.2, -0.15) is 0 Å². The van der Waals surface area contributed by atoms with E-state index in [1.54, 1.807) is 0 Å². The molecule has 0 unspecified atom stereocenters. The van der Waals surface area contributed by atoms with Gasteiger partial charge in [-0.25, -0.2) is 15.0 Å². The third-order valence-corrected chi connectivity index (χ3v) is 14.1. The van der Waals surface area contributed by atoms with Crippen LogP contribution in [0, 0.1) is 6.33 Å². The monoisotopic (exact) mass is 865 g/mol. The van der Waals surface area contributed by atoms with Crippen LogP contribution in [0.4, 0.5) is 0 Å². The zero-order chi connectivity index (χ0) is 44.2. The van der Waals surface area contributed by atoms with Crippen LogP contribution < -0.4 is 0 Å². The maximum absolute atomic E-state index is 4.78. The first kappa shape index (κ1) is 59.0. The molecule has 0 N–H and O–H groups in total. The highest BCUT2D eigenvalue weighted by atomic mass is 15.0. The van der Waals surface area contributed by atoms with E-state index in [0.717, 1.165) is 24.5 Å². The standard InChI is InChI=1S/C59H114N3/c1-3-5-7-9-11-13-15-17-19-21-23-25-27-29-31-33-35-37-39-41-43-45-47-49-51-53-55-58-60-57-61-59(62-58)56-54-52-50-48-46-44-42-40-38-36-34-32-30-28-26-24-22-20-18-16-14-12-10-8-6-4-2/h3-56H2,1-2H3. The number of aromatic nitrogens is 3. The third kappa shape index (κ3) is 47.0. The van der Waals surface area contributed by atoms with Crippen LogP contribution in [-0.2, 0) is 12.8 Å². The number of hydrogen-bond acceptors (Lipinski definition) is 3. The van der Waals surface area contributed by atoms with Gasteiger partial charge in [0, 0.05) is 12.8 Å². The summed E-state index contributed by atoms with van der Waals surface area (Å²) in [6.45, 7) is 4.62. The Labute approximate surface area is 392 Å². The molecule has 0 aliphatic heterocycles. The van der Waals surface area contributed by atoms with Gasteiger partial charge in [0.25, 0.3) is 0 Å². The summed E-state index contributed by atoms with van der Waals surface area (Å²) in [7, 11) is 0. The molecule has 0 bridgehead atoms. The van der Waals surface area contributed by atoms with E-state index in [-0.39, 0.29) is 0 Å². The van der Waals surface area contributed by atoms with Crippen molar-refractivity contribution in [3.63, 3.8) is 0 Å². The molecule has 0 saturated heterocycles. The Balaban J connectivity index is 1.75. The van der Waals surface area contributed by atoms with E-state index < -0.39 is 0 Å². The molecule has 0 amide bonds. The predicted molar refractivity (Wildman–Crippen MR) is 278 cm³/mol. The summed E-state index contributed by atoms with van der Waals surface area (Å²) in [5, 5.41) is 0. The van der Waals surface area contributed by atoms with Crippen molar-refractivity contribution in [3.05, 3.63) is 18.0 Å². The van der Waals surface area contributed by atoms with Gasteiger partial charge in [-0.1, -0.05) is 335 Å². The van der Waals surface area contributed by atoms with Crippen LogP contribution in [-0.4, -0.2) is 15.0 Å². The van der Waals surface area contributed by atoms with Gasteiger partial charge in [0.15, 0.2) is 0 Å². The molecular formula is C59H114N3. The van der Waals surface area contributed by atoms with Crippen molar-refractivity contribution in [2.24, 2.45) is 0 Å². The minimum Gasteiger partial charge on any atom is -0.218 e. The molecule has 0 aliphatic rings. The smallest absolute Gasteiger partial charge is 0.201 e. The lowest BCUT2D eigenvalue weighted by molar-refractivity contribution is 0.515. The van der Waals surface area contributed by atoms with E-state index in [4.69, 9.17) is 4.98 Å². The average molecular weight is 866 g/mol. The van der Waals surface area contributed by atoms with Crippen molar-refractivity contribution in [2.45, 2.75) is 361 Å². The molecule has 1 aromatic rings. The number of unbranched alkanes of at least 4 members (excludes halogenated alkanes) is 50. The van der Waals surface area contributed by atoms with E-state index >= 15 is 0 Å². The number of hydrogen-bond donors (Lipinski definition) is 0. The molecule has 1 aromatic heterocycles. The SMILES string of the molecule is CCCCCCCCCCCCCCCCCCCCCCCCCCCCc1n[c]nc(CCCCCCCCCCCCCCCCCCCCCCCCCCCC)n1. The van der Waals surface area contributed by atoms with Gasteiger partial charge in [0.05, 0.1) is 0 Å². The Morgan fingerprint density at radius 3 is 0.516 bits per heavy atom. The lowest BCUT2D eigenvalue weighted by Gasteiger charge is -2.05. The summed E-state index contributed by atoms with van der Waals surface area (Å²) in [5.41, 5.74) is 0. The predicted octanol–water partition coefficient (Wildman–Crippen LogP) is 21.1. The molecule has 1 heterocycles. The first-order valence-electron chi connectivity index (χ1n) is 29.5. The van der Waals surface area contributed by atoms with Gasteiger partial charge in [-0.15, -0.1) is 0 Å². The largest absolute Gasteiger partial charge is 0.218 e. The summed E-state index contributed by atoms with van der Waals surface area (Å²) in [6.07, 6.45) is 79.8. The molecule has 365 valence electrons. The summed E-state index contributed by atoms with van der Waals surface area (Å²) in [4.78, 5) is 13.5. The van der Waals surface area contributed by atoms with E-state index in [1.807, 2.05) is 0 Å². The molecule has 0 aromatic carbocycles. The molecule has 1 rings (SSSR count). The normalized spacial score (nSPS) is 11.6. The van der Waals surface area contributed by atoms with Crippen LogP contribution in [0.2, 0.25) is 0 Å². The van der Waals surface area contributed by atoms with Gasteiger partial charge in [0.2, 0.25) is 6.33 Å². The quantitative estimate of drug-likeness (QED) is 0.0613. The van der Waals surface area contributed by atoms with Gasteiger partial charge in [-0.3, -0.25) is 0 Å². The van der Waals surface area contributed by atoms with Gasteiger partial charge >= 0.3 is 0 Å². The number of rotatable bonds is 54. The van der Waals surface area contributed by atoms with Crippen molar-refractivity contribution in [2.75, 3.05) is 0 Å². The molecule has 0 atom stereocenters. The van der Waals surface area contributed by atoms with Gasteiger partial charge in [0.1, 0.15) is 11.6 Å². The molecule has 3 nitrogen and oxygen atoms in total. The highest BCUT2D eigenvalue weighted by molar-refractivity contribution is 4.90. The second-order valence-corrected chi connectivity index (χ2v) is 20.4. The lowest BCUT2D eigenvalue weighted by atomic mass is 10.0. The van der Waals surface area contributed by atoms with E-state index in [0.29, 0.717) is 0 Å². The minimum absolute atomic E-state index is 0.967. The zero-order valence-corrected chi connectivity index (χ0v) is 43.0. The van der Waals surface area contributed by atoms with Crippen molar-refractivity contribution in [1.82, 2.24) is 15.0 Å². The fourth-order valence-electron chi connectivity index (χ4n) is 9.76. The Kier molecular flexibility index (Phi) is 50.1. The van der Waals surface area contributed by atoms with Crippen molar-refractivity contribution < 1.29 is 0 Å². The highest BCUT2D eigenvalue weighted by Gasteiger charge is 2.04. The molecule has 62 heavy (non-hydrogen) atoms.